The molecule has 0 saturated carbocycles. The van der Waals surface area contributed by atoms with Gasteiger partial charge in [0.25, 0.3) is 0 Å². The molecule has 3 aliphatic heterocycles. The first-order valence-electron chi connectivity index (χ1n) is 15.9. The molecule has 0 spiro atoms. The minimum absolute atomic E-state index is 0.0846. The zero-order valence-corrected chi connectivity index (χ0v) is 27.2. The van der Waals surface area contributed by atoms with Gasteiger partial charge in [0, 0.05) is 31.3 Å². The molecule has 0 aromatic heterocycles. The van der Waals surface area contributed by atoms with Gasteiger partial charge in [0.15, 0.2) is 0 Å². The Hall–Kier alpha value is -3.60. The second kappa shape index (κ2) is 14.5. The highest BCUT2D eigenvalue weighted by Gasteiger charge is 2.50. The molecule has 11 heteroatoms. The molecule has 0 aliphatic carbocycles. The summed E-state index contributed by atoms with van der Waals surface area (Å²) in [6.07, 6.45) is 5.77. The number of methoxy groups -OCH3 is 1. The summed E-state index contributed by atoms with van der Waals surface area (Å²) in [5, 5.41) is 5.90. The smallest absolute Gasteiger partial charge is 0.249 e. The van der Waals surface area contributed by atoms with Crippen LogP contribution in [-0.4, -0.2) is 103 Å². The molecular formula is C33H49N5O6. The molecule has 0 unspecified atom stereocenters. The Kier molecular flexibility index (Phi) is 10.9. The van der Waals surface area contributed by atoms with Crippen molar-refractivity contribution < 1.29 is 28.7 Å². The van der Waals surface area contributed by atoms with Crippen LogP contribution in [0.1, 0.15) is 65.4 Å². The SMILES string of the molecule is CC[C@H](C)[C@H](NC(=O)[C@H]([C@@H](C)CC)N(C)C)C(=O)N1CC[C@@H]2Oc3ccc(OC)c(c3)/C=C\NC(=O)[C@@H]3CCCN3C(=O)[C@H]21. The molecular weight excluding hydrogens is 562 g/mol. The van der Waals surface area contributed by atoms with Crippen LogP contribution in [0.2, 0.25) is 0 Å². The third kappa shape index (κ3) is 6.87. The second-order valence-electron chi connectivity index (χ2n) is 12.5. The molecule has 2 N–H and O–H groups in total. The monoisotopic (exact) mass is 611 g/mol. The molecule has 2 bridgehead atoms. The predicted molar refractivity (Wildman–Crippen MR) is 168 cm³/mol. The van der Waals surface area contributed by atoms with Crippen molar-refractivity contribution in [3.8, 4) is 11.5 Å². The van der Waals surface area contributed by atoms with Crippen molar-refractivity contribution in [1.29, 1.82) is 0 Å². The van der Waals surface area contributed by atoms with Gasteiger partial charge in [0.05, 0.1) is 13.2 Å². The van der Waals surface area contributed by atoms with E-state index < -0.39 is 30.3 Å². The lowest BCUT2D eigenvalue weighted by Gasteiger charge is -2.36. The van der Waals surface area contributed by atoms with Gasteiger partial charge in [-0.1, -0.05) is 40.5 Å². The molecule has 4 amide bonds. The summed E-state index contributed by atoms with van der Waals surface area (Å²) in [6, 6.07) is 2.53. The van der Waals surface area contributed by atoms with Gasteiger partial charge in [0.1, 0.15) is 35.7 Å². The van der Waals surface area contributed by atoms with E-state index in [1.165, 1.54) is 0 Å². The molecule has 3 heterocycles. The number of carbonyl (C=O) groups is 4. The van der Waals surface area contributed by atoms with Crippen LogP contribution in [0.3, 0.4) is 0 Å². The van der Waals surface area contributed by atoms with Crippen molar-refractivity contribution in [2.45, 2.75) is 90.1 Å². The summed E-state index contributed by atoms with van der Waals surface area (Å²) < 4.78 is 11.9. The number of nitrogens with one attached hydrogen (secondary N) is 2. The van der Waals surface area contributed by atoms with Crippen molar-refractivity contribution in [3.05, 3.63) is 30.0 Å². The highest BCUT2D eigenvalue weighted by atomic mass is 16.5. The van der Waals surface area contributed by atoms with E-state index in [2.05, 4.69) is 10.6 Å². The molecule has 11 nitrogen and oxygen atoms in total. The Bertz CT molecular complexity index is 1250. The molecule has 2 saturated heterocycles. The van der Waals surface area contributed by atoms with Crippen molar-refractivity contribution >= 4 is 29.7 Å². The lowest BCUT2D eigenvalue weighted by molar-refractivity contribution is -0.150. The molecule has 44 heavy (non-hydrogen) atoms. The first-order valence-corrected chi connectivity index (χ1v) is 15.9. The van der Waals surface area contributed by atoms with E-state index >= 15 is 0 Å². The van der Waals surface area contributed by atoms with Crippen LogP contribution in [-0.2, 0) is 19.2 Å². The average molecular weight is 612 g/mol. The summed E-state index contributed by atoms with van der Waals surface area (Å²) in [5.41, 5.74) is 0.706. The highest BCUT2D eigenvalue weighted by molar-refractivity contribution is 5.96. The third-order valence-corrected chi connectivity index (χ3v) is 9.48. The number of hydrogen-bond donors (Lipinski definition) is 2. The van der Waals surface area contributed by atoms with Crippen LogP contribution in [0.5, 0.6) is 11.5 Å². The van der Waals surface area contributed by atoms with Gasteiger partial charge in [-0.25, -0.2) is 0 Å². The number of rotatable bonds is 9. The zero-order chi connectivity index (χ0) is 32.1. The van der Waals surface area contributed by atoms with Gasteiger partial charge in [0.2, 0.25) is 23.6 Å². The quantitative estimate of drug-likeness (QED) is 0.441. The van der Waals surface area contributed by atoms with Gasteiger partial charge in [-0.3, -0.25) is 24.1 Å². The highest BCUT2D eigenvalue weighted by Crippen LogP contribution is 2.32. The zero-order valence-electron chi connectivity index (χ0n) is 27.2. The molecule has 0 radical (unpaired) electrons. The Morgan fingerprint density at radius 2 is 1.84 bits per heavy atom. The summed E-state index contributed by atoms with van der Waals surface area (Å²) in [4.78, 5) is 60.7. The van der Waals surface area contributed by atoms with Crippen molar-refractivity contribution in [3.63, 3.8) is 0 Å². The third-order valence-electron chi connectivity index (χ3n) is 9.48. The van der Waals surface area contributed by atoms with E-state index in [-0.39, 0.29) is 35.5 Å². The molecule has 7 atom stereocenters. The first-order chi connectivity index (χ1) is 21.0. The Labute approximate surface area is 261 Å². The summed E-state index contributed by atoms with van der Waals surface area (Å²) in [5.74, 6) is -0.0456. The van der Waals surface area contributed by atoms with Crippen LogP contribution < -0.4 is 20.1 Å². The van der Waals surface area contributed by atoms with Crippen molar-refractivity contribution in [1.82, 2.24) is 25.3 Å². The Morgan fingerprint density at radius 1 is 1.11 bits per heavy atom. The number of ether oxygens (including phenoxy) is 2. The average Bonchev–Trinajstić information content (AvgIpc) is 3.66. The predicted octanol–water partition coefficient (Wildman–Crippen LogP) is 2.64. The maximum absolute atomic E-state index is 14.4. The van der Waals surface area contributed by atoms with Crippen LogP contribution >= 0.6 is 0 Å². The fraction of sp³-hybridized carbons (Fsp3) is 0.636. The van der Waals surface area contributed by atoms with E-state index in [4.69, 9.17) is 9.47 Å². The second-order valence-corrected chi connectivity index (χ2v) is 12.5. The molecule has 3 aliphatic rings. The van der Waals surface area contributed by atoms with E-state index in [1.807, 2.05) is 46.7 Å². The van der Waals surface area contributed by atoms with E-state index in [0.717, 1.165) is 6.42 Å². The molecule has 2 fully saturated rings. The minimum atomic E-state index is -0.946. The van der Waals surface area contributed by atoms with Crippen molar-refractivity contribution in [2.75, 3.05) is 34.3 Å². The topological polar surface area (TPSA) is 121 Å². The van der Waals surface area contributed by atoms with Gasteiger partial charge >= 0.3 is 0 Å². The number of carbonyl (C=O) groups excluding carboxylic acids is 4. The van der Waals surface area contributed by atoms with Crippen LogP contribution in [0, 0.1) is 11.8 Å². The molecule has 1 aromatic rings. The van der Waals surface area contributed by atoms with E-state index in [1.54, 1.807) is 47.4 Å². The summed E-state index contributed by atoms with van der Waals surface area (Å²) in [6.45, 7) is 8.71. The van der Waals surface area contributed by atoms with E-state index in [0.29, 0.717) is 55.8 Å². The maximum Gasteiger partial charge on any atom is 0.249 e. The lowest BCUT2D eigenvalue weighted by Crippen LogP contribution is -2.61. The number of likely N-dealkylation sites (tertiary alicyclic amines) is 1. The molecule has 242 valence electrons. The lowest BCUT2D eigenvalue weighted by atomic mass is 9.94. The number of likely N-dealkylation sites (N-methyl/N-ethyl adjacent to an activating group) is 1. The van der Waals surface area contributed by atoms with Gasteiger partial charge in [-0.05, 0) is 63.0 Å². The fourth-order valence-electron chi connectivity index (χ4n) is 6.63. The number of benzene rings is 1. The van der Waals surface area contributed by atoms with Gasteiger partial charge < -0.3 is 29.9 Å². The number of amides is 4. The summed E-state index contributed by atoms with van der Waals surface area (Å²) in [7, 11) is 5.31. The number of fused-ring (bicyclic) bond motifs is 4. The number of nitrogens with zero attached hydrogens (tertiary/aromatic N) is 3. The minimum Gasteiger partial charge on any atom is -0.496 e. The number of hydrogen-bond acceptors (Lipinski definition) is 7. The summed E-state index contributed by atoms with van der Waals surface area (Å²) >= 11 is 0. The van der Waals surface area contributed by atoms with Crippen LogP contribution in [0.25, 0.3) is 6.08 Å². The fourth-order valence-corrected chi connectivity index (χ4v) is 6.63. The van der Waals surface area contributed by atoms with E-state index in [9.17, 15) is 19.2 Å². The normalized spacial score (nSPS) is 25.2. The molecule has 4 rings (SSSR count). The Morgan fingerprint density at radius 3 is 2.50 bits per heavy atom. The first kappa shape index (κ1) is 33.3. The molecule has 1 aromatic carbocycles. The standard InChI is InChI=1S/C33H49N5O6/c1-8-20(3)27(35-31(40)28(36(5)6)21(4)9-2)32(41)38-18-15-26-29(38)33(42)37-17-10-11-24(37)30(39)34-16-14-22-19-23(44-26)12-13-25(22)43-7/h12-14,16,19-21,24,26-29H,8-11,15,17-18H2,1-7H3,(H,34,39)(H,35,40)/b16-14-/t20-,21-,24-,26-,27-,28-,29-/m0/s1. The van der Waals surface area contributed by atoms with Gasteiger partial charge in [-0.2, -0.15) is 0 Å². The van der Waals surface area contributed by atoms with Crippen LogP contribution in [0.4, 0.5) is 0 Å². The Balaban J connectivity index is 1.71. The van der Waals surface area contributed by atoms with Crippen molar-refractivity contribution in [2.24, 2.45) is 11.8 Å². The largest absolute Gasteiger partial charge is 0.496 e. The van der Waals surface area contributed by atoms with Gasteiger partial charge in [-0.15, -0.1) is 0 Å². The maximum atomic E-state index is 14.4. The van der Waals surface area contributed by atoms with Crippen LogP contribution in [0.15, 0.2) is 24.4 Å².